The highest BCUT2D eigenvalue weighted by atomic mass is 35.5. The zero-order valence-corrected chi connectivity index (χ0v) is 9.76. The number of rotatable bonds is 3. The molecule has 0 aliphatic heterocycles. The second-order valence-corrected chi connectivity index (χ2v) is 3.93. The highest BCUT2D eigenvalue weighted by Gasteiger charge is 2.20. The molecular weight excluding hydrogens is 248 g/mol. The molecule has 1 unspecified atom stereocenters. The molecule has 0 saturated heterocycles. The standard InChI is InChI=1S/C12H10ClF2NO/c1-16-12(11-3-2-4-17-11)7-5-9(14)10(15)6-8(7)13/h2-6,12,16H,1H3. The van der Waals surface area contributed by atoms with Gasteiger partial charge in [0.25, 0.3) is 0 Å². The van der Waals surface area contributed by atoms with Crippen molar-refractivity contribution in [3.8, 4) is 0 Å². The van der Waals surface area contributed by atoms with Crippen LogP contribution in [-0.4, -0.2) is 7.05 Å². The van der Waals surface area contributed by atoms with Crippen LogP contribution in [0.15, 0.2) is 34.9 Å². The van der Waals surface area contributed by atoms with Gasteiger partial charge in [0.1, 0.15) is 5.76 Å². The largest absolute Gasteiger partial charge is 0.467 e. The number of hydrogen-bond acceptors (Lipinski definition) is 2. The fourth-order valence-corrected chi connectivity index (χ4v) is 1.93. The molecule has 0 radical (unpaired) electrons. The first-order chi connectivity index (χ1) is 8.13. The summed E-state index contributed by atoms with van der Waals surface area (Å²) in [4.78, 5) is 0. The third kappa shape index (κ3) is 2.33. The van der Waals surface area contributed by atoms with Gasteiger partial charge in [-0.1, -0.05) is 11.6 Å². The van der Waals surface area contributed by atoms with Gasteiger partial charge in [0.05, 0.1) is 12.3 Å². The molecular formula is C12H10ClF2NO. The molecule has 0 saturated carbocycles. The first-order valence-electron chi connectivity index (χ1n) is 4.98. The molecule has 1 aromatic heterocycles. The Balaban J connectivity index is 2.48. The zero-order chi connectivity index (χ0) is 12.4. The molecule has 1 atom stereocenters. The van der Waals surface area contributed by atoms with Gasteiger partial charge in [-0.25, -0.2) is 8.78 Å². The Morgan fingerprint density at radius 1 is 1.29 bits per heavy atom. The predicted octanol–water partition coefficient (Wildman–Crippen LogP) is 3.52. The molecule has 2 aromatic rings. The Morgan fingerprint density at radius 2 is 2.00 bits per heavy atom. The van der Waals surface area contributed by atoms with Crippen molar-refractivity contribution >= 4 is 11.6 Å². The van der Waals surface area contributed by atoms with Gasteiger partial charge in [0.15, 0.2) is 11.6 Å². The lowest BCUT2D eigenvalue weighted by atomic mass is 10.0. The predicted molar refractivity (Wildman–Crippen MR) is 61.0 cm³/mol. The Hall–Kier alpha value is -1.39. The van der Waals surface area contributed by atoms with Crippen LogP contribution in [0.25, 0.3) is 0 Å². The van der Waals surface area contributed by atoms with Crippen molar-refractivity contribution in [1.29, 1.82) is 0 Å². The second-order valence-electron chi connectivity index (χ2n) is 3.52. The summed E-state index contributed by atoms with van der Waals surface area (Å²) in [5.41, 5.74) is 0.433. The van der Waals surface area contributed by atoms with E-state index in [4.69, 9.17) is 16.0 Å². The molecule has 1 heterocycles. The smallest absolute Gasteiger partial charge is 0.160 e. The fourth-order valence-electron chi connectivity index (χ4n) is 1.67. The van der Waals surface area contributed by atoms with Crippen molar-refractivity contribution in [2.75, 3.05) is 7.05 Å². The minimum Gasteiger partial charge on any atom is -0.467 e. The highest BCUT2D eigenvalue weighted by Crippen LogP contribution is 2.30. The molecule has 2 rings (SSSR count). The monoisotopic (exact) mass is 257 g/mol. The SMILES string of the molecule is CNC(c1ccco1)c1cc(F)c(F)cc1Cl. The summed E-state index contributed by atoms with van der Waals surface area (Å²) in [7, 11) is 1.69. The first kappa shape index (κ1) is 12.1. The van der Waals surface area contributed by atoms with Crippen LogP contribution in [0.3, 0.4) is 0 Å². The minimum absolute atomic E-state index is 0.152. The van der Waals surface area contributed by atoms with E-state index in [1.54, 1.807) is 19.2 Å². The number of nitrogens with one attached hydrogen (secondary N) is 1. The van der Waals surface area contributed by atoms with E-state index in [1.165, 1.54) is 6.26 Å². The van der Waals surface area contributed by atoms with Crippen molar-refractivity contribution in [3.05, 3.63) is 58.5 Å². The summed E-state index contributed by atoms with van der Waals surface area (Å²) in [6, 6.07) is 5.07. The van der Waals surface area contributed by atoms with E-state index in [0.717, 1.165) is 12.1 Å². The maximum Gasteiger partial charge on any atom is 0.160 e. The first-order valence-corrected chi connectivity index (χ1v) is 5.36. The quantitative estimate of drug-likeness (QED) is 0.851. The summed E-state index contributed by atoms with van der Waals surface area (Å²) in [6.07, 6.45) is 1.51. The Labute approximate surface area is 102 Å². The lowest BCUT2D eigenvalue weighted by Crippen LogP contribution is -2.17. The van der Waals surface area contributed by atoms with Gasteiger partial charge in [-0.15, -0.1) is 0 Å². The third-order valence-electron chi connectivity index (χ3n) is 2.47. The molecule has 1 aromatic carbocycles. The normalized spacial score (nSPS) is 12.7. The molecule has 0 spiro atoms. The molecule has 2 nitrogen and oxygen atoms in total. The van der Waals surface area contributed by atoms with Crippen LogP contribution in [-0.2, 0) is 0 Å². The molecule has 0 bridgehead atoms. The van der Waals surface area contributed by atoms with Crippen LogP contribution in [0.2, 0.25) is 5.02 Å². The zero-order valence-electron chi connectivity index (χ0n) is 9.01. The van der Waals surface area contributed by atoms with E-state index in [-0.39, 0.29) is 5.02 Å². The maximum atomic E-state index is 13.2. The van der Waals surface area contributed by atoms with Gasteiger partial charge >= 0.3 is 0 Å². The van der Waals surface area contributed by atoms with Gasteiger partial charge in [-0.2, -0.15) is 0 Å². The van der Waals surface area contributed by atoms with Gasteiger partial charge < -0.3 is 9.73 Å². The van der Waals surface area contributed by atoms with Crippen molar-refractivity contribution in [3.63, 3.8) is 0 Å². The van der Waals surface area contributed by atoms with Crippen LogP contribution in [0.4, 0.5) is 8.78 Å². The summed E-state index contributed by atoms with van der Waals surface area (Å²) >= 11 is 5.90. The number of benzene rings is 1. The Morgan fingerprint density at radius 3 is 2.59 bits per heavy atom. The molecule has 90 valence electrons. The van der Waals surface area contributed by atoms with Gasteiger partial charge in [0.2, 0.25) is 0 Å². The molecule has 0 aliphatic carbocycles. The number of hydrogen-bond donors (Lipinski definition) is 1. The number of halogens is 3. The molecule has 1 N–H and O–H groups in total. The Bertz CT molecular complexity index is 513. The lowest BCUT2D eigenvalue weighted by molar-refractivity contribution is 0.459. The molecule has 17 heavy (non-hydrogen) atoms. The van der Waals surface area contributed by atoms with Crippen molar-refractivity contribution in [1.82, 2.24) is 5.32 Å². The highest BCUT2D eigenvalue weighted by molar-refractivity contribution is 6.31. The summed E-state index contributed by atoms with van der Waals surface area (Å²) in [5, 5.41) is 3.09. The van der Waals surface area contributed by atoms with E-state index in [9.17, 15) is 8.78 Å². The lowest BCUT2D eigenvalue weighted by Gasteiger charge is -2.15. The van der Waals surface area contributed by atoms with E-state index in [1.807, 2.05) is 0 Å². The van der Waals surface area contributed by atoms with E-state index < -0.39 is 17.7 Å². The van der Waals surface area contributed by atoms with Crippen molar-refractivity contribution in [2.45, 2.75) is 6.04 Å². The van der Waals surface area contributed by atoms with Crippen LogP contribution in [0, 0.1) is 11.6 Å². The van der Waals surface area contributed by atoms with Crippen LogP contribution >= 0.6 is 11.6 Å². The van der Waals surface area contributed by atoms with Crippen LogP contribution < -0.4 is 5.32 Å². The molecule has 5 heteroatoms. The van der Waals surface area contributed by atoms with Gasteiger partial charge in [-0.3, -0.25) is 0 Å². The average molecular weight is 258 g/mol. The van der Waals surface area contributed by atoms with Crippen molar-refractivity contribution < 1.29 is 13.2 Å². The number of furan rings is 1. The minimum atomic E-state index is -0.965. The van der Waals surface area contributed by atoms with Crippen LogP contribution in [0.5, 0.6) is 0 Å². The van der Waals surface area contributed by atoms with E-state index in [2.05, 4.69) is 5.32 Å². The van der Waals surface area contributed by atoms with Crippen LogP contribution in [0.1, 0.15) is 17.4 Å². The third-order valence-corrected chi connectivity index (χ3v) is 2.79. The second kappa shape index (κ2) is 4.85. The van der Waals surface area contributed by atoms with E-state index in [0.29, 0.717) is 11.3 Å². The van der Waals surface area contributed by atoms with Gasteiger partial charge in [-0.05, 0) is 36.9 Å². The van der Waals surface area contributed by atoms with Gasteiger partial charge in [0, 0.05) is 5.02 Å². The topological polar surface area (TPSA) is 25.2 Å². The Kier molecular flexibility index (Phi) is 3.45. The molecule has 0 fully saturated rings. The van der Waals surface area contributed by atoms with Crippen molar-refractivity contribution in [2.24, 2.45) is 0 Å². The summed E-state index contributed by atoms with van der Waals surface area (Å²) < 4.78 is 31.4. The van der Waals surface area contributed by atoms with E-state index >= 15 is 0 Å². The molecule has 0 aliphatic rings. The fraction of sp³-hybridized carbons (Fsp3) is 0.167. The maximum absolute atomic E-state index is 13.2. The average Bonchev–Trinajstić information content (AvgIpc) is 2.80. The summed E-state index contributed by atoms with van der Waals surface area (Å²) in [5.74, 6) is -1.32. The summed E-state index contributed by atoms with van der Waals surface area (Å²) in [6.45, 7) is 0. The molecule has 0 amide bonds.